The second-order valence-corrected chi connectivity index (χ2v) is 14.1. The van der Waals surface area contributed by atoms with Gasteiger partial charge in [-0.1, -0.05) is 39.0 Å². The van der Waals surface area contributed by atoms with Gasteiger partial charge in [0.2, 0.25) is 11.8 Å². The molecule has 0 amide bonds. The first-order chi connectivity index (χ1) is 20.5. The summed E-state index contributed by atoms with van der Waals surface area (Å²) in [6, 6.07) is 7.09. The van der Waals surface area contributed by atoms with Crippen LogP contribution in [0, 0.1) is 5.41 Å². The molecule has 1 saturated carbocycles. The second kappa shape index (κ2) is 11.2. The minimum atomic E-state index is -4.33. The minimum absolute atomic E-state index is 0.120. The number of anilines is 1. The Kier molecular flexibility index (Phi) is 8.17. The van der Waals surface area contributed by atoms with Gasteiger partial charge in [0.25, 0.3) is 0 Å². The first-order valence-corrected chi connectivity index (χ1v) is 15.7. The topological polar surface area (TPSA) is 182 Å². The predicted molar refractivity (Wildman–Crippen MR) is 156 cm³/mol. The van der Waals surface area contributed by atoms with Crippen molar-refractivity contribution in [2.45, 2.75) is 77.1 Å². The van der Waals surface area contributed by atoms with Crippen molar-refractivity contribution in [3.63, 3.8) is 0 Å². The average molecular weight is 637 g/mol. The first-order valence-electron chi connectivity index (χ1n) is 14.2. The maximum Gasteiger partial charge on any atom is 0.459 e. The summed E-state index contributed by atoms with van der Waals surface area (Å²) < 4.78 is 60.3. The third-order valence-electron chi connectivity index (χ3n) is 7.51. The number of ether oxygens (including phenoxy) is 3. The molecule has 1 saturated heterocycles. The minimum Gasteiger partial charge on any atom is -0.476 e. The van der Waals surface area contributed by atoms with Crippen molar-refractivity contribution in [1.82, 2.24) is 24.6 Å². The number of para-hydroxylation sites is 1. The van der Waals surface area contributed by atoms with Crippen LogP contribution in [0.1, 0.15) is 54.2 Å². The monoisotopic (exact) mass is 636 g/mol. The Morgan fingerprint density at radius 2 is 2.02 bits per heavy atom. The van der Waals surface area contributed by atoms with Crippen molar-refractivity contribution in [3.05, 3.63) is 36.7 Å². The molecule has 2 fully saturated rings. The molecule has 0 radical (unpaired) electrons. The summed E-state index contributed by atoms with van der Waals surface area (Å²) >= 11 is 0. The Morgan fingerprint density at radius 1 is 1.32 bits per heavy atom. The van der Waals surface area contributed by atoms with Crippen molar-refractivity contribution < 1.29 is 42.1 Å². The predicted octanol–water partition coefficient (Wildman–Crippen LogP) is 3.71. The van der Waals surface area contributed by atoms with Gasteiger partial charge in [0.05, 0.1) is 26.1 Å². The molecule has 3 heterocycles. The number of aromatic nitrogens is 4. The summed E-state index contributed by atoms with van der Waals surface area (Å²) in [7, 11) is -4.33. The van der Waals surface area contributed by atoms with Crippen molar-refractivity contribution in [1.29, 1.82) is 0 Å². The fraction of sp³-hybridized carbons (Fsp3) is 0.571. The Bertz CT molecular complexity index is 1580. The molecule has 1 aliphatic carbocycles. The van der Waals surface area contributed by atoms with Gasteiger partial charge in [0, 0.05) is 6.42 Å². The van der Waals surface area contributed by atoms with E-state index in [1.54, 1.807) is 37.3 Å². The summed E-state index contributed by atoms with van der Waals surface area (Å²) in [6.07, 6.45) is -0.291. The van der Waals surface area contributed by atoms with Crippen LogP contribution in [-0.4, -0.2) is 73.3 Å². The van der Waals surface area contributed by atoms with E-state index in [9.17, 15) is 14.5 Å². The van der Waals surface area contributed by atoms with E-state index in [1.165, 1.54) is 24.7 Å². The zero-order chi connectivity index (χ0) is 32.1. The number of alkyl halides is 1. The van der Waals surface area contributed by atoms with Crippen LogP contribution in [0.25, 0.3) is 11.2 Å². The normalized spacial score (nSPS) is 28.2. The fourth-order valence-electron chi connectivity index (χ4n) is 5.10. The van der Waals surface area contributed by atoms with E-state index in [-0.39, 0.29) is 53.8 Å². The number of hydrogen-bond donors (Lipinski definition) is 3. The Hall–Kier alpha value is -3.36. The van der Waals surface area contributed by atoms with Crippen LogP contribution < -0.4 is 20.1 Å². The highest BCUT2D eigenvalue weighted by atomic mass is 31.2. The van der Waals surface area contributed by atoms with Crippen molar-refractivity contribution in [2.24, 2.45) is 5.41 Å². The SMILES string of the molecule is CCOc1nc(N)nc2c1ncn2[C@@H]1O[C@@]2(COP(=O)(NC(C)C(=O)OCC(C)(C)C)Oc3ccccc3)C[C@]2(O)[C@@]1(C)F. The van der Waals surface area contributed by atoms with Gasteiger partial charge >= 0.3 is 13.7 Å². The third-order valence-corrected chi connectivity index (χ3v) is 9.13. The number of carbonyl (C=O) groups is 1. The van der Waals surface area contributed by atoms with E-state index in [0.717, 1.165) is 0 Å². The number of aliphatic hydroxyl groups is 1. The lowest BCUT2D eigenvalue weighted by molar-refractivity contribution is -0.148. The van der Waals surface area contributed by atoms with Gasteiger partial charge in [-0.05, 0) is 38.3 Å². The summed E-state index contributed by atoms with van der Waals surface area (Å²) in [6.45, 7) is 9.99. The number of esters is 1. The molecule has 2 unspecified atom stereocenters. The van der Waals surface area contributed by atoms with E-state index in [2.05, 4.69) is 20.0 Å². The molecule has 44 heavy (non-hydrogen) atoms. The number of nitrogens with zero attached hydrogens (tertiary/aromatic N) is 4. The van der Waals surface area contributed by atoms with E-state index in [1.807, 2.05) is 20.8 Å². The molecule has 4 N–H and O–H groups in total. The number of carbonyl (C=O) groups excluding carboxylic acids is 1. The molecule has 16 heteroatoms. The Labute approximate surface area is 254 Å². The number of nitrogens with one attached hydrogen (secondary N) is 1. The van der Waals surface area contributed by atoms with E-state index >= 15 is 4.39 Å². The van der Waals surface area contributed by atoms with Gasteiger partial charge in [-0.25, -0.2) is 13.9 Å². The lowest BCUT2D eigenvalue weighted by Gasteiger charge is -2.28. The van der Waals surface area contributed by atoms with Gasteiger partial charge in [0.1, 0.15) is 23.0 Å². The van der Waals surface area contributed by atoms with Crippen molar-refractivity contribution in [2.75, 3.05) is 25.6 Å². The van der Waals surface area contributed by atoms with Gasteiger partial charge in [0.15, 0.2) is 23.1 Å². The Balaban J connectivity index is 1.39. The standard InChI is InChI=1S/C28H38FN6O8P/c1-7-39-21-19-20(32-24(30)33-21)35(16-31-19)23-26(6,29)28(37)13-27(28,42-23)15-41-44(38,43-18-11-9-8-10-12-18)34-17(2)22(36)40-14-25(3,4)5/h8-12,16-17,23,37H,7,13-15H2,1-6H3,(H,34,38)(H2,30,32,33)/t17?,23-,26+,27-,28+,44?/m1/s1. The smallest absolute Gasteiger partial charge is 0.459 e. The highest BCUT2D eigenvalue weighted by molar-refractivity contribution is 7.52. The quantitative estimate of drug-likeness (QED) is 0.193. The summed E-state index contributed by atoms with van der Waals surface area (Å²) in [4.78, 5) is 25.2. The molecule has 0 bridgehead atoms. The number of nitrogen functional groups attached to an aromatic ring is 1. The molecule has 5 rings (SSSR count). The summed E-state index contributed by atoms with van der Waals surface area (Å²) in [5.74, 6) is -0.484. The molecular weight excluding hydrogens is 598 g/mol. The van der Waals surface area contributed by atoms with E-state index in [0.29, 0.717) is 0 Å². The summed E-state index contributed by atoms with van der Waals surface area (Å²) in [5, 5.41) is 14.1. The molecule has 14 nitrogen and oxygen atoms in total. The van der Waals surface area contributed by atoms with Crippen molar-refractivity contribution >= 4 is 30.8 Å². The molecule has 2 aliphatic rings. The molecule has 1 aliphatic heterocycles. The number of nitrogens with two attached hydrogens (primary N) is 1. The van der Waals surface area contributed by atoms with Crippen LogP contribution in [-0.2, 0) is 23.4 Å². The number of imidazole rings is 1. The maximum atomic E-state index is 16.5. The molecule has 1 aromatic carbocycles. The highest BCUT2D eigenvalue weighted by Gasteiger charge is 2.85. The number of rotatable bonds is 12. The molecule has 2 aromatic heterocycles. The van der Waals surface area contributed by atoms with Crippen LogP contribution in [0.2, 0.25) is 0 Å². The number of fused-ring (bicyclic) bond motifs is 2. The largest absolute Gasteiger partial charge is 0.476 e. The van der Waals surface area contributed by atoms with E-state index < -0.39 is 49.5 Å². The molecule has 240 valence electrons. The van der Waals surface area contributed by atoms with Crippen LogP contribution in [0.5, 0.6) is 11.6 Å². The molecule has 0 spiro atoms. The third kappa shape index (κ3) is 5.86. The highest BCUT2D eigenvalue weighted by Crippen LogP contribution is 2.69. The van der Waals surface area contributed by atoms with Gasteiger partial charge in [-0.15, -0.1) is 0 Å². The average Bonchev–Trinajstić information content (AvgIpc) is 3.26. The molecule has 3 aromatic rings. The van der Waals surface area contributed by atoms with Crippen LogP contribution >= 0.6 is 7.75 Å². The zero-order valence-corrected chi connectivity index (χ0v) is 26.3. The van der Waals surface area contributed by atoms with Gasteiger partial charge in [-0.2, -0.15) is 15.1 Å². The maximum absolute atomic E-state index is 16.5. The fourth-order valence-corrected chi connectivity index (χ4v) is 6.63. The first kappa shape index (κ1) is 32.0. The lowest BCUT2D eigenvalue weighted by Crippen LogP contribution is -2.43. The summed E-state index contributed by atoms with van der Waals surface area (Å²) in [5.41, 5.74) is -0.0801. The zero-order valence-electron chi connectivity index (χ0n) is 25.4. The van der Waals surface area contributed by atoms with Gasteiger partial charge in [-0.3, -0.25) is 13.9 Å². The van der Waals surface area contributed by atoms with Crippen LogP contribution in [0.15, 0.2) is 36.7 Å². The molecular formula is C28H38FN6O8P. The molecule has 6 atom stereocenters. The second-order valence-electron chi connectivity index (χ2n) is 12.4. The van der Waals surface area contributed by atoms with Gasteiger partial charge < -0.3 is 29.6 Å². The number of hydrogen-bond acceptors (Lipinski definition) is 12. The van der Waals surface area contributed by atoms with E-state index in [4.69, 9.17) is 29.0 Å². The van der Waals surface area contributed by atoms with Crippen LogP contribution in [0.4, 0.5) is 10.3 Å². The lowest BCUT2D eigenvalue weighted by atomic mass is 9.96. The number of benzene rings is 1. The Morgan fingerprint density at radius 3 is 2.68 bits per heavy atom. The van der Waals surface area contributed by atoms with Crippen molar-refractivity contribution in [3.8, 4) is 11.6 Å². The number of halogens is 1. The van der Waals surface area contributed by atoms with Crippen LogP contribution in [0.3, 0.4) is 0 Å².